The van der Waals surface area contributed by atoms with Crippen molar-refractivity contribution in [3.63, 3.8) is 0 Å². The number of fused-ring (bicyclic) bond motifs is 4. The van der Waals surface area contributed by atoms with Gasteiger partial charge in [0, 0.05) is 43.5 Å². The molecule has 0 saturated heterocycles. The Kier molecular flexibility index (Phi) is 14.4. The summed E-state index contributed by atoms with van der Waals surface area (Å²) >= 11 is 0. The molecule has 0 aliphatic rings. The van der Waals surface area contributed by atoms with Gasteiger partial charge in [0.15, 0.2) is 5.78 Å². The van der Waals surface area contributed by atoms with E-state index in [2.05, 4.69) is 12.1 Å². The van der Waals surface area contributed by atoms with Crippen LogP contribution in [0, 0.1) is 24.0 Å². The monoisotopic (exact) mass is 990 g/mol. The maximum absolute atomic E-state index is 13.8. The van der Waals surface area contributed by atoms with E-state index in [0.717, 1.165) is 59.7 Å². The SMILES string of the molecule is CCC(CC)C(=O)/C=C(\O)C(CC)CC.FC(F)(F)C(c1ccc2c(-n3c4[c-]cc(-c5ccccc5)cc4c4ccccc43)[c-]ccc2c1)(C(F)(F)F)C(F)(F)F.[Ir]. The van der Waals surface area contributed by atoms with Gasteiger partial charge in [0.2, 0.25) is 0 Å². The Morgan fingerprint density at radius 3 is 1.81 bits per heavy atom. The summed E-state index contributed by atoms with van der Waals surface area (Å²) < 4.78 is 126. The summed E-state index contributed by atoms with van der Waals surface area (Å²) in [6, 6.07) is 30.3. The Balaban J connectivity index is 0.000000398. The molecule has 1 aromatic heterocycles. The van der Waals surface area contributed by atoms with Gasteiger partial charge in [-0.05, 0) is 42.7 Å². The van der Waals surface area contributed by atoms with E-state index in [1.165, 1.54) is 12.1 Å². The molecule has 3 nitrogen and oxygen atoms in total. The zero-order valence-corrected chi connectivity index (χ0v) is 34.2. The second kappa shape index (κ2) is 18.1. The molecule has 58 heavy (non-hydrogen) atoms. The number of halogens is 9. The molecule has 0 saturated carbocycles. The fourth-order valence-corrected chi connectivity index (χ4v) is 7.30. The van der Waals surface area contributed by atoms with Crippen LogP contribution in [-0.4, -0.2) is 34.0 Å². The molecule has 5 aromatic carbocycles. The second-order valence-electron chi connectivity index (χ2n) is 13.7. The molecule has 0 unspecified atom stereocenters. The summed E-state index contributed by atoms with van der Waals surface area (Å²) in [6.45, 7) is 8.07. The average molecular weight is 990 g/mol. The molecule has 0 aliphatic heterocycles. The molecule has 1 heterocycles. The molecule has 0 amide bonds. The van der Waals surface area contributed by atoms with Gasteiger partial charge in [0.25, 0.3) is 5.41 Å². The molecular weight excluding hydrogens is 950 g/mol. The number of ketones is 1. The number of nitrogens with zero attached hydrogens (tertiary/aromatic N) is 1. The molecule has 0 atom stereocenters. The minimum atomic E-state index is -6.71. The van der Waals surface area contributed by atoms with Crippen molar-refractivity contribution in [2.24, 2.45) is 11.8 Å². The number of benzene rings is 5. The quantitative estimate of drug-likeness (QED) is 0.0643. The van der Waals surface area contributed by atoms with Gasteiger partial charge < -0.3 is 9.67 Å². The van der Waals surface area contributed by atoms with Crippen LogP contribution in [0.1, 0.15) is 58.9 Å². The molecular formula is C45H40F9IrNO2-2. The standard InChI is InChI=1S/C32H16F9N.C13H24O2.Ir/c33-30(34,35)29(31(36,37)38,32(39,40)41)22-14-15-23-21(17-22)9-6-12-26(23)42-27-11-5-4-10-24(27)25-18-20(13-16-28(25)42)19-7-2-1-3-8-19;1-5-10(6-2)12(14)9-13(15)11(7-3)8-4;/h1-11,13-15,17-18H;9-11,14H,5-8H2,1-4H3;/q-2;;/b;12-9-;. The van der Waals surface area contributed by atoms with Crippen molar-refractivity contribution in [2.45, 2.75) is 77.3 Å². The van der Waals surface area contributed by atoms with Gasteiger partial charge in [-0.3, -0.25) is 4.79 Å². The number of hydrogen-bond acceptors (Lipinski definition) is 2. The van der Waals surface area contributed by atoms with Gasteiger partial charge in [-0.15, -0.1) is 27.8 Å². The van der Waals surface area contributed by atoms with Crippen molar-refractivity contribution in [1.29, 1.82) is 0 Å². The molecule has 0 aliphatic carbocycles. The topological polar surface area (TPSA) is 42.2 Å². The van der Waals surface area contributed by atoms with Crippen molar-refractivity contribution < 1.29 is 69.5 Å². The Morgan fingerprint density at radius 2 is 1.24 bits per heavy atom. The van der Waals surface area contributed by atoms with E-state index in [9.17, 15) is 49.4 Å². The van der Waals surface area contributed by atoms with E-state index in [0.29, 0.717) is 17.1 Å². The molecule has 1 radical (unpaired) electrons. The average Bonchev–Trinajstić information content (AvgIpc) is 3.48. The van der Waals surface area contributed by atoms with Crippen LogP contribution in [-0.2, 0) is 30.3 Å². The Labute approximate surface area is 343 Å². The molecule has 0 spiro atoms. The normalized spacial score (nSPS) is 12.9. The van der Waals surface area contributed by atoms with Gasteiger partial charge in [0.1, 0.15) is 0 Å². The third kappa shape index (κ3) is 8.57. The first kappa shape index (κ1) is 46.1. The van der Waals surface area contributed by atoms with Gasteiger partial charge in [-0.25, -0.2) is 0 Å². The van der Waals surface area contributed by atoms with E-state index >= 15 is 0 Å². The van der Waals surface area contributed by atoms with E-state index in [-0.39, 0.29) is 66.0 Å². The van der Waals surface area contributed by atoms with Gasteiger partial charge in [-0.1, -0.05) is 105 Å². The summed E-state index contributed by atoms with van der Waals surface area (Å²) in [7, 11) is 0. The number of hydrogen-bond donors (Lipinski definition) is 1. The number of carbonyl (C=O) groups excluding carboxylic acids is 1. The predicted molar refractivity (Wildman–Crippen MR) is 205 cm³/mol. The Morgan fingerprint density at radius 1 is 0.672 bits per heavy atom. The molecule has 0 fully saturated rings. The van der Waals surface area contributed by atoms with Crippen molar-refractivity contribution in [1.82, 2.24) is 4.57 Å². The van der Waals surface area contributed by atoms with E-state index < -0.39 is 29.5 Å². The third-order valence-corrected chi connectivity index (χ3v) is 10.5. The van der Waals surface area contributed by atoms with Crippen LogP contribution in [0.4, 0.5) is 39.5 Å². The first-order chi connectivity index (χ1) is 26.9. The molecule has 13 heteroatoms. The van der Waals surface area contributed by atoms with Gasteiger partial charge in [-0.2, -0.15) is 75.9 Å². The summed E-state index contributed by atoms with van der Waals surface area (Å²) in [5, 5.41) is 11.2. The van der Waals surface area contributed by atoms with E-state index in [1.807, 2.05) is 76.2 Å². The number of allylic oxidation sites excluding steroid dienone is 2. The summed E-state index contributed by atoms with van der Waals surface area (Å²) in [4.78, 5) is 11.7. The molecule has 311 valence electrons. The van der Waals surface area contributed by atoms with Crippen LogP contribution in [0.2, 0.25) is 0 Å². The van der Waals surface area contributed by atoms with Crippen molar-refractivity contribution in [3.05, 3.63) is 127 Å². The van der Waals surface area contributed by atoms with Crippen LogP contribution in [0.15, 0.2) is 109 Å². The molecule has 0 bridgehead atoms. The Hall–Kier alpha value is -4.61. The largest absolute Gasteiger partial charge is 0.512 e. The molecule has 6 aromatic rings. The van der Waals surface area contributed by atoms with E-state index in [4.69, 9.17) is 0 Å². The van der Waals surface area contributed by atoms with Crippen molar-refractivity contribution >= 4 is 38.4 Å². The van der Waals surface area contributed by atoms with Crippen LogP contribution < -0.4 is 0 Å². The summed E-state index contributed by atoms with van der Waals surface area (Å²) in [5.41, 5.74) is -4.85. The number of aliphatic hydroxyl groups is 1. The zero-order valence-electron chi connectivity index (χ0n) is 31.8. The predicted octanol–water partition coefficient (Wildman–Crippen LogP) is 14.0. The number of aliphatic hydroxyl groups excluding tert-OH is 1. The summed E-state index contributed by atoms with van der Waals surface area (Å²) in [5.74, 6) is 0.547. The van der Waals surface area contributed by atoms with Crippen molar-refractivity contribution in [2.75, 3.05) is 0 Å². The smallest absolute Gasteiger partial charge is 0.416 e. The first-order valence-electron chi connectivity index (χ1n) is 18.5. The number of alkyl halides is 9. The number of carbonyl (C=O) groups is 1. The fraction of sp³-hybridized carbons (Fsp3) is 0.311. The Bertz CT molecular complexity index is 2330. The molecule has 6 rings (SSSR count). The maximum Gasteiger partial charge on any atom is 0.416 e. The second-order valence-corrected chi connectivity index (χ2v) is 13.7. The fourth-order valence-electron chi connectivity index (χ4n) is 7.30. The third-order valence-electron chi connectivity index (χ3n) is 10.5. The number of aromatic nitrogens is 1. The van der Waals surface area contributed by atoms with Gasteiger partial charge in [0.05, 0.1) is 5.76 Å². The van der Waals surface area contributed by atoms with Crippen LogP contribution in [0.3, 0.4) is 0 Å². The van der Waals surface area contributed by atoms with Crippen LogP contribution in [0.5, 0.6) is 0 Å². The summed E-state index contributed by atoms with van der Waals surface area (Å²) in [6.07, 6.45) is -15.2. The van der Waals surface area contributed by atoms with E-state index in [1.54, 1.807) is 22.8 Å². The van der Waals surface area contributed by atoms with Crippen LogP contribution in [0.25, 0.3) is 49.4 Å². The molecule has 1 N–H and O–H groups in total. The van der Waals surface area contributed by atoms with Gasteiger partial charge >= 0.3 is 18.5 Å². The van der Waals surface area contributed by atoms with Crippen molar-refractivity contribution in [3.8, 4) is 16.8 Å². The first-order valence-corrected chi connectivity index (χ1v) is 18.5. The minimum Gasteiger partial charge on any atom is -0.512 e. The number of para-hydroxylation sites is 1. The minimum absolute atomic E-state index is 0. The maximum atomic E-state index is 13.8. The number of rotatable bonds is 10. The zero-order chi connectivity index (χ0) is 41.9. The van der Waals surface area contributed by atoms with Crippen LogP contribution >= 0.6 is 0 Å².